The summed E-state index contributed by atoms with van der Waals surface area (Å²) in [6.07, 6.45) is 2.06. The third kappa shape index (κ3) is 5.82. The van der Waals surface area contributed by atoms with Crippen LogP contribution >= 0.6 is 11.6 Å². The van der Waals surface area contributed by atoms with Gasteiger partial charge in [0.2, 0.25) is 10.0 Å². The van der Waals surface area contributed by atoms with Crippen molar-refractivity contribution in [2.45, 2.75) is 31.1 Å². The molecule has 1 aliphatic heterocycles. The average Bonchev–Trinajstić information content (AvgIpc) is 2.66. The fourth-order valence-corrected chi connectivity index (χ4v) is 4.73. The Morgan fingerprint density at radius 1 is 1.15 bits per heavy atom. The molecule has 10 heteroatoms. The molecule has 8 nitrogen and oxygen atoms in total. The van der Waals surface area contributed by atoms with Crippen LogP contribution in [0.15, 0.2) is 23.1 Å². The van der Waals surface area contributed by atoms with Crippen molar-refractivity contribution in [2.75, 3.05) is 32.8 Å². The molecule has 2 N–H and O–H groups in total. The lowest BCUT2D eigenvalue weighted by Crippen LogP contribution is -2.36. The van der Waals surface area contributed by atoms with E-state index in [1.165, 1.54) is 22.5 Å². The maximum absolute atomic E-state index is 12.8. The fourth-order valence-electron chi connectivity index (χ4n) is 2.71. The Kier molecular flexibility index (Phi) is 7.88. The highest BCUT2D eigenvalue weighted by molar-refractivity contribution is 7.89. The van der Waals surface area contributed by atoms with Crippen LogP contribution < -0.4 is 10.6 Å². The van der Waals surface area contributed by atoms with Gasteiger partial charge in [-0.3, -0.25) is 4.79 Å². The lowest BCUT2D eigenvalue weighted by molar-refractivity contribution is 0.0952. The number of nitrogens with zero attached hydrogens (tertiary/aromatic N) is 1. The predicted molar refractivity (Wildman–Crippen MR) is 101 cm³/mol. The second kappa shape index (κ2) is 9.91. The van der Waals surface area contributed by atoms with Gasteiger partial charge in [0, 0.05) is 31.7 Å². The third-order valence-corrected chi connectivity index (χ3v) is 6.46. The molecule has 150 valence electrons. The van der Waals surface area contributed by atoms with Gasteiger partial charge in [0.15, 0.2) is 0 Å². The highest BCUT2D eigenvalue weighted by Gasteiger charge is 2.28. The quantitative estimate of drug-likeness (QED) is 0.660. The Morgan fingerprint density at radius 2 is 1.81 bits per heavy atom. The first-order valence-corrected chi connectivity index (χ1v) is 10.7. The van der Waals surface area contributed by atoms with E-state index in [4.69, 9.17) is 16.3 Å². The Hall–Kier alpha value is -1.84. The summed E-state index contributed by atoms with van der Waals surface area (Å²) >= 11 is 6.10. The molecule has 0 saturated carbocycles. The van der Waals surface area contributed by atoms with Gasteiger partial charge in [0.05, 0.1) is 11.6 Å². The number of halogens is 1. The second-order valence-corrected chi connectivity index (χ2v) is 8.33. The van der Waals surface area contributed by atoms with Crippen LogP contribution in [-0.4, -0.2) is 57.5 Å². The number of piperidine rings is 1. The number of benzene rings is 1. The van der Waals surface area contributed by atoms with Crippen LogP contribution in [0.3, 0.4) is 0 Å². The summed E-state index contributed by atoms with van der Waals surface area (Å²) in [5.41, 5.74) is 0.186. The zero-order valence-corrected chi connectivity index (χ0v) is 16.7. The maximum atomic E-state index is 12.8. The Balaban J connectivity index is 2.03. The van der Waals surface area contributed by atoms with Gasteiger partial charge in [-0.05, 0) is 38.0 Å². The molecule has 0 bridgehead atoms. The molecule has 1 aromatic rings. The summed E-state index contributed by atoms with van der Waals surface area (Å²) in [6, 6.07) is 4.16. The topological polar surface area (TPSA) is 105 Å². The molecule has 27 heavy (non-hydrogen) atoms. The minimum Gasteiger partial charge on any atom is -0.450 e. The summed E-state index contributed by atoms with van der Waals surface area (Å²) in [4.78, 5) is 23.4. The van der Waals surface area contributed by atoms with E-state index in [1.54, 1.807) is 6.92 Å². The minimum absolute atomic E-state index is 0.0663. The first-order chi connectivity index (χ1) is 12.9. The van der Waals surface area contributed by atoms with Gasteiger partial charge in [-0.25, -0.2) is 13.2 Å². The van der Waals surface area contributed by atoms with Gasteiger partial charge in [-0.15, -0.1) is 0 Å². The molecule has 2 amide bonds. The lowest BCUT2D eigenvalue weighted by Gasteiger charge is -2.26. The van der Waals surface area contributed by atoms with Crippen LogP contribution in [0.5, 0.6) is 0 Å². The van der Waals surface area contributed by atoms with Gasteiger partial charge < -0.3 is 15.4 Å². The molecule has 0 unspecified atom stereocenters. The van der Waals surface area contributed by atoms with E-state index in [2.05, 4.69) is 10.6 Å². The van der Waals surface area contributed by atoms with Crippen LogP contribution in [0.1, 0.15) is 36.5 Å². The molecule has 0 atom stereocenters. The van der Waals surface area contributed by atoms with Crippen molar-refractivity contribution in [2.24, 2.45) is 0 Å². The van der Waals surface area contributed by atoms with Crippen LogP contribution in [-0.2, 0) is 14.8 Å². The van der Waals surface area contributed by atoms with E-state index in [0.717, 1.165) is 19.3 Å². The van der Waals surface area contributed by atoms with Crippen LogP contribution in [0.25, 0.3) is 0 Å². The Bertz CT molecular complexity index is 779. The molecule has 1 aromatic carbocycles. The highest BCUT2D eigenvalue weighted by atomic mass is 35.5. The molecule has 0 aromatic heterocycles. The zero-order valence-electron chi connectivity index (χ0n) is 15.2. The van der Waals surface area contributed by atoms with Crippen LogP contribution in [0.2, 0.25) is 5.02 Å². The smallest absolute Gasteiger partial charge is 0.407 e. The van der Waals surface area contributed by atoms with Crippen molar-refractivity contribution < 1.29 is 22.7 Å². The van der Waals surface area contributed by atoms with E-state index in [-0.39, 0.29) is 35.2 Å². The second-order valence-electron chi connectivity index (χ2n) is 6.01. The van der Waals surface area contributed by atoms with E-state index < -0.39 is 22.0 Å². The van der Waals surface area contributed by atoms with Gasteiger partial charge in [-0.2, -0.15) is 4.31 Å². The molecule has 2 rings (SSSR count). The van der Waals surface area contributed by atoms with E-state index in [1.807, 2.05) is 0 Å². The van der Waals surface area contributed by atoms with Gasteiger partial charge >= 0.3 is 6.09 Å². The monoisotopic (exact) mass is 417 g/mol. The maximum Gasteiger partial charge on any atom is 0.407 e. The number of alkyl carbamates (subject to hydrolysis) is 1. The summed E-state index contributed by atoms with van der Waals surface area (Å²) in [7, 11) is -3.74. The highest BCUT2D eigenvalue weighted by Crippen LogP contribution is 2.27. The first-order valence-electron chi connectivity index (χ1n) is 8.84. The first kappa shape index (κ1) is 21.5. The van der Waals surface area contributed by atoms with Crippen LogP contribution in [0.4, 0.5) is 4.79 Å². The number of carbonyl (C=O) groups is 2. The van der Waals surface area contributed by atoms with Gasteiger partial charge in [0.1, 0.15) is 4.90 Å². The molecule has 1 fully saturated rings. The molecule has 1 heterocycles. The van der Waals surface area contributed by atoms with E-state index in [0.29, 0.717) is 13.1 Å². The van der Waals surface area contributed by atoms with Gasteiger partial charge in [0.25, 0.3) is 5.91 Å². The average molecular weight is 418 g/mol. The summed E-state index contributed by atoms with van der Waals surface area (Å²) in [6.45, 7) is 3.23. The summed E-state index contributed by atoms with van der Waals surface area (Å²) in [5, 5.41) is 5.18. The van der Waals surface area contributed by atoms with Crippen molar-refractivity contribution in [3.63, 3.8) is 0 Å². The standard InChI is InChI=1S/C17H24ClN3O5S/c1-2-26-17(23)20-9-8-19-16(22)13-6-7-14(18)15(12-13)27(24,25)21-10-4-3-5-11-21/h6-7,12H,2-5,8-11H2,1H3,(H,19,22)(H,20,23). The number of nitrogens with one attached hydrogen (secondary N) is 2. The van der Waals surface area contributed by atoms with Crippen molar-refractivity contribution >= 4 is 33.6 Å². The number of amides is 2. The normalized spacial score (nSPS) is 15.2. The van der Waals surface area contributed by atoms with E-state index >= 15 is 0 Å². The largest absolute Gasteiger partial charge is 0.450 e. The fraction of sp³-hybridized carbons (Fsp3) is 0.529. The Labute approximate surface area is 164 Å². The SMILES string of the molecule is CCOC(=O)NCCNC(=O)c1ccc(Cl)c(S(=O)(=O)N2CCCCC2)c1. The van der Waals surface area contributed by atoms with Crippen molar-refractivity contribution in [3.05, 3.63) is 28.8 Å². The third-order valence-electron chi connectivity index (χ3n) is 4.08. The number of ether oxygens (including phenoxy) is 1. The molecule has 0 aliphatic carbocycles. The number of hydrogen-bond donors (Lipinski definition) is 2. The minimum atomic E-state index is -3.74. The summed E-state index contributed by atoms with van der Waals surface area (Å²) in [5.74, 6) is -0.451. The number of rotatable bonds is 7. The van der Waals surface area contributed by atoms with Gasteiger partial charge in [-0.1, -0.05) is 18.0 Å². The molecular weight excluding hydrogens is 394 g/mol. The lowest BCUT2D eigenvalue weighted by atomic mass is 10.2. The van der Waals surface area contributed by atoms with E-state index in [9.17, 15) is 18.0 Å². The zero-order chi connectivity index (χ0) is 19.9. The van der Waals surface area contributed by atoms with Crippen molar-refractivity contribution in [3.8, 4) is 0 Å². The molecule has 0 radical (unpaired) electrons. The summed E-state index contributed by atoms with van der Waals surface area (Å²) < 4.78 is 31.8. The number of carbonyl (C=O) groups excluding carboxylic acids is 2. The number of sulfonamides is 1. The molecule has 0 spiro atoms. The Morgan fingerprint density at radius 3 is 2.48 bits per heavy atom. The van der Waals surface area contributed by atoms with Crippen molar-refractivity contribution in [1.82, 2.24) is 14.9 Å². The molecule has 1 aliphatic rings. The van der Waals surface area contributed by atoms with Crippen LogP contribution in [0, 0.1) is 0 Å². The number of hydrogen-bond acceptors (Lipinski definition) is 5. The molecule has 1 saturated heterocycles. The predicted octanol–water partition coefficient (Wildman–Crippen LogP) is 1.99. The molecular formula is C17H24ClN3O5S. The van der Waals surface area contributed by atoms with Crippen molar-refractivity contribution in [1.29, 1.82) is 0 Å².